The summed E-state index contributed by atoms with van der Waals surface area (Å²) < 4.78 is 5.49. The van der Waals surface area contributed by atoms with Crippen LogP contribution in [0.3, 0.4) is 0 Å². The maximum absolute atomic E-state index is 5.49. The largest absolute Gasteiger partial charge is 0.466 e. The maximum atomic E-state index is 5.49. The first kappa shape index (κ1) is 8.34. The maximum Gasteiger partial charge on any atom is 0.105 e. The number of furan rings is 1. The minimum Gasteiger partial charge on any atom is -0.466 e. The molecule has 0 radical (unpaired) electrons. The van der Waals surface area contributed by atoms with E-state index in [1.165, 1.54) is 0 Å². The minimum absolute atomic E-state index is 0.983. The van der Waals surface area contributed by atoms with Crippen LogP contribution in [0.4, 0.5) is 0 Å². The zero-order chi connectivity index (χ0) is 8.10. The first-order chi connectivity index (χ1) is 5.36. The van der Waals surface area contributed by atoms with Gasteiger partial charge in [0.25, 0.3) is 0 Å². The van der Waals surface area contributed by atoms with E-state index in [0.29, 0.717) is 0 Å². The van der Waals surface area contributed by atoms with Crippen molar-refractivity contribution in [3.05, 3.63) is 23.7 Å². The van der Waals surface area contributed by atoms with Gasteiger partial charge in [-0.25, -0.2) is 0 Å². The predicted molar refractivity (Wildman–Crippen MR) is 45.7 cm³/mol. The number of aryl methyl sites for hydroxylation is 1. The lowest BCUT2D eigenvalue weighted by Crippen LogP contribution is -2.09. The smallest absolute Gasteiger partial charge is 0.105 e. The van der Waals surface area contributed by atoms with Gasteiger partial charge in [-0.1, -0.05) is 6.92 Å². The number of hydrogen-bond donors (Lipinski definition) is 1. The molecular formula is C9H15NO. The quantitative estimate of drug-likeness (QED) is 0.710. The van der Waals surface area contributed by atoms with E-state index >= 15 is 0 Å². The fourth-order valence-corrected chi connectivity index (χ4v) is 0.995. The van der Waals surface area contributed by atoms with E-state index in [2.05, 4.69) is 18.3 Å². The molecule has 0 atom stereocenters. The van der Waals surface area contributed by atoms with Gasteiger partial charge >= 0.3 is 0 Å². The van der Waals surface area contributed by atoms with E-state index in [1.54, 1.807) is 0 Å². The molecule has 1 aromatic rings. The molecule has 11 heavy (non-hydrogen) atoms. The summed E-state index contributed by atoms with van der Waals surface area (Å²) in [6, 6.07) is 4.10. The zero-order valence-corrected chi connectivity index (χ0v) is 7.18. The molecule has 2 nitrogen and oxygen atoms in total. The van der Waals surface area contributed by atoms with Gasteiger partial charge in [-0.15, -0.1) is 0 Å². The van der Waals surface area contributed by atoms with Crippen LogP contribution in [0, 0.1) is 0 Å². The average molecular weight is 153 g/mol. The summed E-state index contributed by atoms with van der Waals surface area (Å²) >= 11 is 0. The van der Waals surface area contributed by atoms with Crippen molar-refractivity contribution in [1.82, 2.24) is 5.32 Å². The van der Waals surface area contributed by atoms with Gasteiger partial charge in [0.15, 0.2) is 0 Å². The van der Waals surface area contributed by atoms with Crippen molar-refractivity contribution in [2.75, 3.05) is 13.6 Å². The van der Waals surface area contributed by atoms with Crippen molar-refractivity contribution in [2.45, 2.75) is 19.8 Å². The summed E-state index contributed by atoms with van der Waals surface area (Å²) in [6.45, 7) is 3.08. The molecule has 62 valence electrons. The van der Waals surface area contributed by atoms with Crippen LogP contribution in [-0.4, -0.2) is 13.6 Å². The third-order valence-electron chi connectivity index (χ3n) is 1.69. The van der Waals surface area contributed by atoms with Crippen LogP contribution < -0.4 is 5.32 Å². The lowest BCUT2D eigenvalue weighted by atomic mass is 10.3. The van der Waals surface area contributed by atoms with E-state index < -0.39 is 0 Å². The van der Waals surface area contributed by atoms with Crippen molar-refractivity contribution in [2.24, 2.45) is 0 Å². The Morgan fingerprint density at radius 3 is 2.64 bits per heavy atom. The zero-order valence-electron chi connectivity index (χ0n) is 7.18. The van der Waals surface area contributed by atoms with Crippen molar-refractivity contribution in [1.29, 1.82) is 0 Å². The summed E-state index contributed by atoms with van der Waals surface area (Å²) in [5.41, 5.74) is 0. The van der Waals surface area contributed by atoms with Crippen LogP contribution in [0.25, 0.3) is 0 Å². The second kappa shape index (κ2) is 4.19. The van der Waals surface area contributed by atoms with E-state index in [0.717, 1.165) is 30.9 Å². The monoisotopic (exact) mass is 153 g/mol. The number of likely N-dealkylation sites (N-methyl/N-ethyl adjacent to an activating group) is 1. The SMILES string of the molecule is CCc1ccc(CCNC)o1. The standard InChI is InChI=1S/C9H15NO/c1-3-8-4-5-9(11-8)6-7-10-2/h4-5,10H,3,6-7H2,1-2H3. The van der Waals surface area contributed by atoms with E-state index in [4.69, 9.17) is 4.42 Å². The Bertz CT molecular complexity index is 205. The molecule has 1 N–H and O–H groups in total. The fraction of sp³-hybridized carbons (Fsp3) is 0.556. The first-order valence-corrected chi connectivity index (χ1v) is 4.09. The normalized spacial score (nSPS) is 10.4. The van der Waals surface area contributed by atoms with Gasteiger partial charge < -0.3 is 9.73 Å². The van der Waals surface area contributed by atoms with Gasteiger partial charge in [0.05, 0.1) is 0 Å². The molecule has 0 saturated heterocycles. The van der Waals surface area contributed by atoms with E-state index in [1.807, 2.05) is 13.1 Å². The lowest BCUT2D eigenvalue weighted by molar-refractivity contribution is 0.466. The first-order valence-electron chi connectivity index (χ1n) is 4.09. The van der Waals surface area contributed by atoms with E-state index in [-0.39, 0.29) is 0 Å². The lowest BCUT2D eigenvalue weighted by Gasteiger charge is -1.94. The molecule has 0 aromatic carbocycles. The van der Waals surface area contributed by atoms with E-state index in [9.17, 15) is 0 Å². The van der Waals surface area contributed by atoms with Crippen molar-refractivity contribution in [3.63, 3.8) is 0 Å². The molecule has 0 aliphatic heterocycles. The van der Waals surface area contributed by atoms with Crippen LogP contribution in [0.2, 0.25) is 0 Å². The van der Waals surface area contributed by atoms with Crippen molar-refractivity contribution < 1.29 is 4.42 Å². The fourth-order valence-electron chi connectivity index (χ4n) is 0.995. The van der Waals surface area contributed by atoms with Crippen LogP contribution in [-0.2, 0) is 12.8 Å². The van der Waals surface area contributed by atoms with Crippen molar-refractivity contribution >= 4 is 0 Å². The molecule has 0 bridgehead atoms. The topological polar surface area (TPSA) is 25.2 Å². The summed E-state index contributed by atoms with van der Waals surface area (Å²) in [6.07, 6.45) is 1.97. The number of hydrogen-bond acceptors (Lipinski definition) is 2. The molecule has 1 rings (SSSR count). The average Bonchev–Trinajstić information content (AvgIpc) is 2.48. The molecule has 0 amide bonds. The highest BCUT2D eigenvalue weighted by atomic mass is 16.3. The van der Waals surface area contributed by atoms with Gasteiger partial charge in [-0.05, 0) is 19.2 Å². The van der Waals surface area contributed by atoms with Gasteiger partial charge in [0, 0.05) is 19.4 Å². The van der Waals surface area contributed by atoms with Crippen molar-refractivity contribution in [3.8, 4) is 0 Å². The predicted octanol–water partition coefficient (Wildman–Crippen LogP) is 1.60. The van der Waals surface area contributed by atoms with Gasteiger partial charge in [-0.2, -0.15) is 0 Å². The molecule has 2 heteroatoms. The Morgan fingerprint density at radius 2 is 2.09 bits per heavy atom. The van der Waals surface area contributed by atoms with Gasteiger partial charge in [0.1, 0.15) is 11.5 Å². The Kier molecular flexibility index (Phi) is 3.17. The third-order valence-corrected chi connectivity index (χ3v) is 1.69. The molecule has 1 aromatic heterocycles. The molecule has 0 saturated carbocycles. The third kappa shape index (κ3) is 2.39. The van der Waals surface area contributed by atoms with Crippen LogP contribution in [0.1, 0.15) is 18.4 Å². The molecular weight excluding hydrogens is 138 g/mol. The van der Waals surface area contributed by atoms with Gasteiger partial charge in [-0.3, -0.25) is 0 Å². The second-order valence-electron chi connectivity index (χ2n) is 2.58. The second-order valence-corrected chi connectivity index (χ2v) is 2.58. The number of rotatable bonds is 4. The van der Waals surface area contributed by atoms with Crippen LogP contribution in [0.15, 0.2) is 16.5 Å². The Balaban J connectivity index is 2.44. The Hall–Kier alpha value is -0.760. The summed E-state index contributed by atoms with van der Waals surface area (Å²) in [7, 11) is 1.95. The molecule has 0 unspecified atom stereocenters. The highest BCUT2D eigenvalue weighted by Gasteiger charge is 1.97. The summed E-state index contributed by atoms with van der Waals surface area (Å²) in [5.74, 6) is 2.16. The minimum atomic E-state index is 0.983. The molecule has 0 aliphatic rings. The molecule has 0 aliphatic carbocycles. The van der Waals surface area contributed by atoms with Crippen LogP contribution in [0.5, 0.6) is 0 Å². The molecule has 1 heterocycles. The summed E-state index contributed by atoms with van der Waals surface area (Å²) in [4.78, 5) is 0. The Labute approximate surface area is 67.6 Å². The molecule has 0 spiro atoms. The van der Waals surface area contributed by atoms with Crippen LogP contribution >= 0.6 is 0 Å². The highest BCUT2D eigenvalue weighted by molar-refractivity contribution is 5.07. The number of nitrogens with one attached hydrogen (secondary N) is 1. The highest BCUT2D eigenvalue weighted by Crippen LogP contribution is 2.08. The summed E-state index contributed by atoms with van der Waals surface area (Å²) in [5, 5.41) is 3.08. The molecule has 0 fully saturated rings. The van der Waals surface area contributed by atoms with Gasteiger partial charge in [0.2, 0.25) is 0 Å². The Morgan fingerprint density at radius 1 is 1.36 bits per heavy atom.